The molecule has 0 amide bonds. The topological polar surface area (TPSA) is 76.7 Å². The molecular formula is C9H7Cl2N5. The first-order valence-electron chi connectivity index (χ1n) is 4.32. The zero-order chi connectivity index (χ0) is 11.5. The van der Waals surface area contributed by atoms with E-state index < -0.39 is 0 Å². The number of benzene rings is 1. The van der Waals surface area contributed by atoms with Gasteiger partial charge in [0.05, 0.1) is 21.9 Å². The van der Waals surface area contributed by atoms with E-state index >= 15 is 0 Å². The maximum absolute atomic E-state index is 5.90. The van der Waals surface area contributed by atoms with Gasteiger partial charge in [0.2, 0.25) is 0 Å². The first-order chi connectivity index (χ1) is 7.70. The van der Waals surface area contributed by atoms with Gasteiger partial charge in [-0.3, -0.25) is 5.43 Å². The fourth-order valence-corrected chi connectivity index (χ4v) is 1.46. The van der Waals surface area contributed by atoms with Crippen LogP contribution in [0, 0.1) is 0 Å². The molecule has 7 heteroatoms. The highest BCUT2D eigenvalue weighted by Crippen LogP contribution is 2.27. The van der Waals surface area contributed by atoms with Gasteiger partial charge < -0.3 is 0 Å². The number of hydrogen-bond donors (Lipinski definition) is 2. The number of hydrazine groups is 1. The zero-order valence-corrected chi connectivity index (χ0v) is 9.50. The third-order valence-corrected chi connectivity index (χ3v) is 2.64. The van der Waals surface area contributed by atoms with Gasteiger partial charge in [0.15, 0.2) is 0 Å². The standard InChI is InChI=1S/C9H7Cl2N5/c10-6-2-1-5(3-7(6)11)8-4-13-16-9(14-8)15-12/h1-4H,12H2,(H,14,15,16). The summed E-state index contributed by atoms with van der Waals surface area (Å²) in [5.74, 6) is 5.43. The number of nitrogens with one attached hydrogen (secondary N) is 1. The molecule has 0 aliphatic carbocycles. The highest BCUT2D eigenvalue weighted by Gasteiger charge is 2.05. The molecular weight excluding hydrogens is 249 g/mol. The summed E-state index contributed by atoms with van der Waals surface area (Å²) in [6.45, 7) is 0. The minimum absolute atomic E-state index is 0.239. The monoisotopic (exact) mass is 255 g/mol. The maximum atomic E-state index is 5.90. The number of rotatable bonds is 2. The van der Waals surface area contributed by atoms with E-state index in [1.54, 1.807) is 18.2 Å². The smallest absolute Gasteiger partial charge is 0.257 e. The fraction of sp³-hybridized carbons (Fsp3) is 0. The molecule has 3 N–H and O–H groups in total. The van der Waals surface area contributed by atoms with Crippen molar-refractivity contribution in [2.45, 2.75) is 0 Å². The molecule has 5 nitrogen and oxygen atoms in total. The summed E-state index contributed by atoms with van der Waals surface area (Å²) in [6.07, 6.45) is 1.51. The van der Waals surface area contributed by atoms with Crippen molar-refractivity contribution in [1.29, 1.82) is 0 Å². The van der Waals surface area contributed by atoms with Crippen molar-refractivity contribution < 1.29 is 0 Å². The Morgan fingerprint density at radius 3 is 2.69 bits per heavy atom. The number of halogens is 2. The van der Waals surface area contributed by atoms with E-state index in [2.05, 4.69) is 20.6 Å². The number of nitrogens with zero attached hydrogens (tertiary/aromatic N) is 3. The fourth-order valence-electron chi connectivity index (χ4n) is 1.16. The van der Waals surface area contributed by atoms with Gasteiger partial charge >= 0.3 is 0 Å². The van der Waals surface area contributed by atoms with Gasteiger partial charge in [-0.2, -0.15) is 5.10 Å². The van der Waals surface area contributed by atoms with Crippen LogP contribution in [0.2, 0.25) is 10.0 Å². The summed E-state index contributed by atoms with van der Waals surface area (Å²) in [6, 6.07) is 5.18. The minimum atomic E-state index is 0.239. The Labute approximate surface area is 102 Å². The molecule has 1 aromatic heterocycles. The average molecular weight is 256 g/mol. The number of aromatic nitrogens is 3. The van der Waals surface area contributed by atoms with E-state index in [-0.39, 0.29) is 5.95 Å². The molecule has 0 spiro atoms. The Bertz CT molecular complexity index is 517. The summed E-state index contributed by atoms with van der Waals surface area (Å²) in [5, 5.41) is 8.37. The van der Waals surface area contributed by atoms with Gasteiger partial charge in [-0.05, 0) is 12.1 Å². The molecule has 2 aromatic rings. The highest BCUT2D eigenvalue weighted by molar-refractivity contribution is 6.42. The molecule has 2 rings (SSSR count). The van der Waals surface area contributed by atoms with Gasteiger partial charge in [-0.15, -0.1) is 5.10 Å². The maximum Gasteiger partial charge on any atom is 0.257 e. The third kappa shape index (κ3) is 2.21. The molecule has 0 atom stereocenters. The van der Waals surface area contributed by atoms with Crippen molar-refractivity contribution in [1.82, 2.24) is 15.2 Å². The Kier molecular flexibility index (Phi) is 3.19. The molecule has 82 valence electrons. The van der Waals surface area contributed by atoms with Crippen LogP contribution in [0.15, 0.2) is 24.4 Å². The second-order valence-corrected chi connectivity index (χ2v) is 3.75. The van der Waals surface area contributed by atoms with Crippen LogP contribution >= 0.6 is 23.2 Å². The van der Waals surface area contributed by atoms with E-state index in [4.69, 9.17) is 29.0 Å². The van der Waals surface area contributed by atoms with Crippen LogP contribution in [0.25, 0.3) is 11.3 Å². The van der Waals surface area contributed by atoms with Gasteiger partial charge in [0, 0.05) is 5.56 Å². The second kappa shape index (κ2) is 4.61. The van der Waals surface area contributed by atoms with Crippen LogP contribution in [0.1, 0.15) is 0 Å². The van der Waals surface area contributed by atoms with Crippen molar-refractivity contribution in [3.8, 4) is 11.3 Å². The third-order valence-electron chi connectivity index (χ3n) is 1.90. The van der Waals surface area contributed by atoms with Crippen molar-refractivity contribution in [2.24, 2.45) is 5.84 Å². The summed E-state index contributed by atoms with van der Waals surface area (Å²) < 4.78 is 0. The lowest BCUT2D eigenvalue weighted by Crippen LogP contribution is -2.11. The average Bonchev–Trinajstić information content (AvgIpc) is 2.33. The van der Waals surface area contributed by atoms with Crippen LogP contribution in [0.5, 0.6) is 0 Å². The minimum Gasteiger partial charge on any atom is -0.291 e. The highest BCUT2D eigenvalue weighted by atomic mass is 35.5. The first kappa shape index (κ1) is 11.1. The van der Waals surface area contributed by atoms with Crippen LogP contribution in [-0.2, 0) is 0 Å². The zero-order valence-electron chi connectivity index (χ0n) is 7.98. The molecule has 0 aliphatic rings. The summed E-state index contributed by atoms with van der Waals surface area (Å²) in [4.78, 5) is 4.12. The summed E-state index contributed by atoms with van der Waals surface area (Å²) in [5.41, 5.74) is 3.72. The van der Waals surface area contributed by atoms with E-state index in [0.717, 1.165) is 5.56 Å². The molecule has 0 saturated heterocycles. The first-order valence-corrected chi connectivity index (χ1v) is 5.08. The van der Waals surface area contributed by atoms with E-state index in [0.29, 0.717) is 15.7 Å². The van der Waals surface area contributed by atoms with Gasteiger partial charge in [0.25, 0.3) is 5.95 Å². The SMILES string of the molecule is NNc1nncc(-c2ccc(Cl)c(Cl)c2)n1. The van der Waals surface area contributed by atoms with Crippen molar-refractivity contribution in [3.05, 3.63) is 34.4 Å². The molecule has 0 radical (unpaired) electrons. The quantitative estimate of drug-likeness (QED) is 0.635. The largest absolute Gasteiger partial charge is 0.291 e. The van der Waals surface area contributed by atoms with Gasteiger partial charge in [-0.1, -0.05) is 29.3 Å². The number of anilines is 1. The molecule has 0 bridgehead atoms. The molecule has 1 heterocycles. The van der Waals surface area contributed by atoms with Crippen molar-refractivity contribution >= 4 is 29.2 Å². The number of hydrogen-bond acceptors (Lipinski definition) is 5. The van der Waals surface area contributed by atoms with Crippen LogP contribution in [0.3, 0.4) is 0 Å². The Morgan fingerprint density at radius 1 is 1.19 bits per heavy atom. The molecule has 0 saturated carbocycles. The lowest BCUT2D eigenvalue weighted by Gasteiger charge is -2.03. The normalized spacial score (nSPS) is 10.2. The Morgan fingerprint density at radius 2 is 2.00 bits per heavy atom. The second-order valence-electron chi connectivity index (χ2n) is 2.94. The van der Waals surface area contributed by atoms with Crippen LogP contribution in [0.4, 0.5) is 5.95 Å². The lowest BCUT2D eigenvalue weighted by molar-refractivity contribution is 0.966. The van der Waals surface area contributed by atoms with E-state index in [1.165, 1.54) is 6.20 Å². The molecule has 0 unspecified atom stereocenters. The van der Waals surface area contributed by atoms with Crippen LogP contribution < -0.4 is 11.3 Å². The molecule has 16 heavy (non-hydrogen) atoms. The van der Waals surface area contributed by atoms with Gasteiger partial charge in [0.1, 0.15) is 0 Å². The molecule has 1 aromatic carbocycles. The predicted octanol–water partition coefficient (Wildman–Crippen LogP) is 2.13. The Hall–Kier alpha value is -1.43. The van der Waals surface area contributed by atoms with Crippen molar-refractivity contribution in [3.63, 3.8) is 0 Å². The van der Waals surface area contributed by atoms with Gasteiger partial charge in [-0.25, -0.2) is 10.8 Å². The summed E-state index contributed by atoms with van der Waals surface area (Å²) >= 11 is 11.7. The van der Waals surface area contributed by atoms with Crippen LogP contribution in [-0.4, -0.2) is 15.2 Å². The molecule has 0 aliphatic heterocycles. The summed E-state index contributed by atoms with van der Waals surface area (Å²) in [7, 11) is 0. The van der Waals surface area contributed by atoms with E-state index in [9.17, 15) is 0 Å². The van der Waals surface area contributed by atoms with Crippen molar-refractivity contribution in [2.75, 3.05) is 5.43 Å². The Balaban J connectivity index is 2.46. The lowest BCUT2D eigenvalue weighted by atomic mass is 10.2. The number of nitrogens with two attached hydrogens (primary N) is 1. The number of nitrogen functional groups attached to an aromatic ring is 1. The van der Waals surface area contributed by atoms with E-state index in [1.807, 2.05) is 0 Å². The molecule has 0 fully saturated rings. The predicted molar refractivity (Wildman–Crippen MR) is 63.1 cm³/mol.